The Morgan fingerprint density at radius 1 is 1.19 bits per heavy atom. The van der Waals surface area contributed by atoms with E-state index < -0.39 is 15.7 Å². The molecule has 0 spiro atoms. The Balaban J connectivity index is 2.27. The molecule has 2 rings (SSSR count). The van der Waals surface area contributed by atoms with E-state index in [0.29, 0.717) is 0 Å². The Kier molecular flexibility index (Phi) is 4.08. The number of benzene rings is 1. The molecule has 9 nitrogen and oxygen atoms in total. The second kappa shape index (κ2) is 5.79. The third kappa shape index (κ3) is 3.28. The normalized spacial score (nSPS) is 10.5. The third-order valence-corrected chi connectivity index (χ3v) is 3.61. The first kappa shape index (κ1) is 14.8. The van der Waals surface area contributed by atoms with Gasteiger partial charge in [0, 0.05) is 6.07 Å². The fraction of sp³-hybridized carbons (Fsp3) is 0.182. The number of non-ortho nitro benzene ring substituents is 1. The minimum absolute atomic E-state index is 0.135. The quantitative estimate of drug-likeness (QED) is 0.468. The van der Waals surface area contributed by atoms with Gasteiger partial charge in [-0.2, -0.15) is 0 Å². The fourth-order valence-corrected chi connectivity index (χ4v) is 2.53. The van der Waals surface area contributed by atoms with Crippen molar-refractivity contribution in [3.63, 3.8) is 0 Å². The highest BCUT2D eigenvalue weighted by Crippen LogP contribution is 2.34. The first-order valence-electron chi connectivity index (χ1n) is 5.53. The Morgan fingerprint density at radius 3 is 2.43 bits per heavy atom. The molecule has 21 heavy (non-hydrogen) atoms. The maximum absolute atomic E-state index is 11.0. The van der Waals surface area contributed by atoms with E-state index >= 15 is 0 Å². The van der Waals surface area contributed by atoms with Crippen molar-refractivity contribution < 1.29 is 18.7 Å². The van der Waals surface area contributed by atoms with Crippen molar-refractivity contribution in [1.29, 1.82) is 0 Å². The van der Waals surface area contributed by atoms with E-state index in [1.54, 1.807) is 0 Å². The van der Waals surface area contributed by atoms with Crippen LogP contribution in [0.4, 0.5) is 11.4 Å². The predicted molar refractivity (Wildman–Crippen MR) is 71.3 cm³/mol. The first-order chi connectivity index (χ1) is 9.88. The molecule has 110 valence electrons. The molecule has 1 aromatic carbocycles. The molecule has 0 aliphatic rings. The average Bonchev–Trinajstić information content (AvgIpc) is 2.74. The minimum Gasteiger partial charge on any atom is -0.396 e. The van der Waals surface area contributed by atoms with Crippen LogP contribution in [0, 0.1) is 27.2 Å². The molecule has 0 saturated carbocycles. The second-order valence-corrected chi connectivity index (χ2v) is 4.91. The number of hydrogen-bond acceptors (Lipinski definition) is 8. The van der Waals surface area contributed by atoms with Gasteiger partial charge in [0.25, 0.3) is 11.4 Å². The fourth-order valence-electron chi connectivity index (χ4n) is 1.53. The van der Waals surface area contributed by atoms with Gasteiger partial charge < -0.3 is 8.83 Å². The van der Waals surface area contributed by atoms with Crippen LogP contribution in [0.2, 0.25) is 0 Å². The summed E-state index contributed by atoms with van der Waals surface area (Å²) in [6.45, 7) is 1.53. The summed E-state index contributed by atoms with van der Waals surface area (Å²) in [6.07, 6.45) is 0. The van der Waals surface area contributed by atoms with Crippen LogP contribution in [0.1, 0.15) is 11.5 Å². The van der Waals surface area contributed by atoms with Gasteiger partial charge in [0.2, 0.25) is 0 Å². The number of nitro groups is 2. The van der Waals surface area contributed by atoms with Crippen LogP contribution < -0.4 is 5.82 Å². The molecule has 0 aliphatic carbocycles. The van der Waals surface area contributed by atoms with Crippen molar-refractivity contribution in [3.05, 3.63) is 60.6 Å². The molecule has 0 aliphatic heterocycles. The summed E-state index contributed by atoms with van der Waals surface area (Å²) >= 11 is 1.02. The molecule has 1 heterocycles. The lowest BCUT2D eigenvalue weighted by Gasteiger charge is -2.01. The minimum atomic E-state index is -0.846. The van der Waals surface area contributed by atoms with Crippen molar-refractivity contribution in [2.24, 2.45) is 0 Å². The summed E-state index contributed by atoms with van der Waals surface area (Å²) in [5.74, 6) is -0.160. The monoisotopic (exact) mass is 312 g/mol. The van der Waals surface area contributed by atoms with Crippen molar-refractivity contribution in [3.8, 4) is 0 Å². The van der Waals surface area contributed by atoms with Crippen LogP contribution in [0.5, 0.6) is 0 Å². The summed E-state index contributed by atoms with van der Waals surface area (Å²) in [5.41, 5.74) is -0.741. The summed E-state index contributed by atoms with van der Waals surface area (Å²) < 4.78 is 9.45. The standard InChI is InChI=1S/C11H8N2O7S/c1-6-9(20-11(14)19-6)5-21-10-3-2-7(12(15)16)4-8(10)13(17)18/h2-4H,5H2,1H3. The lowest BCUT2D eigenvalue weighted by Crippen LogP contribution is -1.95. The third-order valence-electron chi connectivity index (χ3n) is 2.54. The SMILES string of the molecule is Cc1oc(=O)oc1CSc1ccc([N+](=O)[O-])cc1[N+](=O)[O-]. The van der Waals surface area contributed by atoms with E-state index in [1.165, 1.54) is 19.1 Å². The lowest BCUT2D eigenvalue weighted by atomic mass is 10.3. The Hall–Kier alpha value is -2.62. The van der Waals surface area contributed by atoms with Crippen LogP contribution in [0.15, 0.2) is 36.7 Å². The lowest BCUT2D eigenvalue weighted by molar-refractivity contribution is -0.396. The Morgan fingerprint density at radius 2 is 1.90 bits per heavy atom. The molecule has 0 unspecified atom stereocenters. The topological polar surface area (TPSA) is 130 Å². The molecule has 0 bridgehead atoms. The largest absolute Gasteiger partial charge is 0.519 e. The van der Waals surface area contributed by atoms with Crippen LogP contribution in [-0.4, -0.2) is 9.85 Å². The van der Waals surface area contributed by atoms with E-state index in [4.69, 9.17) is 4.42 Å². The number of rotatable bonds is 5. The number of hydrogen-bond donors (Lipinski definition) is 0. The van der Waals surface area contributed by atoms with Crippen LogP contribution >= 0.6 is 11.8 Å². The van der Waals surface area contributed by atoms with Crippen LogP contribution in [0.3, 0.4) is 0 Å². The van der Waals surface area contributed by atoms with Gasteiger partial charge in [0.05, 0.1) is 26.6 Å². The summed E-state index contributed by atoms with van der Waals surface area (Å²) in [5, 5.41) is 21.6. The van der Waals surface area contributed by atoms with E-state index in [0.717, 1.165) is 17.8 Å². The van der Waals surface area contributed by atoms with Crippen molar-refractivity contribution in [2.75, 3.05) is 0 Å². The highest BCUT2D eigenvalue weighted by Gasteiger charge is 2.20. The molecule has 0 radical (unpaired) electrons. The molecule has 1 aromatic heterocycles. The molecule has 2 aromatic rings. The smallest absolute Gasteiger partial charge is 0.396 e. The molecular formula is C11H8N2O7S. The van der Waals surface area contributed by atoms with E-state index in [9.17, 15) is 25.0 Å². The number of aryl methyl sites for hydroxylation is 1. The zero-order chi connectivity index (χ0) is 15.6. The van der Waals surface area contributed by atoms with Crippen LogP contribution in [-0.2, 0) is 5.75 Å². The summed E-state index contributed by atoms with van der Waals surface area (Å²) in [6, 6.07) is 3.35. The molecule has 0 saturated heterocycles. The summed E-state index contributed by atoms with van der Waals surface area (Å²) in [7, 11) is 0. The second-order valence-electron chi connectivity index (χ2n) is 3.89. The highest BCUT2D eigenvalue weighted by atomic mass is 32.2. The molecular weight excluding hydrogens is 304 g/mol. The van der Waals surface area contributed by atoms with E-state index in [-0.39, 0.29) is 33.5 Å². The molecule has 0 N–H and O–H groups in total. The van der Waals surface area contributed by atoms with Gasteiger partial charge in [-0.05, 0) is 13.0 Å². The predicted octanol–water partition coefficient (Wildman–Crippen LogP) is 2.65. The van der Waals surface area contributed by atoms with Gasteiger partial charge in [0.15, 0.2) is 5.76 Å². The van der Waals surface area contributed by atoms with Gasteiger partial charge >= 0.3 is 5.82 Å². The maximum Gasteiger partial charge on any atom is 0.519 e. The average molecular weight is 312 g/mol. The molecule has 0 atom stereocenters. The van der Waals surface area contributed by atoms with Gasteiger partial charge in [0.1, 0.15) is 5.76 Å². The van der Waals surface area contributed by atoms with Crippen molar-refractivity contribution in [1.82, 2.24) is 0 Å². The Bertz CT molecular complexity index is 764. The molecule has 0 fully saturated rings. The van der Waals surface area contributed by atoms with Gasteiger partial charge in [-0.15, -0.1) is 11.8 Å². The van der Waals surface area contributed by atoms with Gasteiger partial charge in [-0.1, -0.05) is 0 Å². The van der Waals surface area contributed by atoms with Gasteiger partial charge in [-0.3, -0.25) is 20.2 Å². The number of nitrogens with zero attached hydrogens (tertiary/aromatic N) is 2. The zero-order valence-electron chi connectivity index (χ0n) is 10.6. The van der Waals surface area contributed by atoms with Crippen molar-refractivity contribution >= 4 is 23.1 Å². The van der Waals surface area contributed by atoms with Gasteiger partial charge in [-0.25, -0.2) is 4.79 Å². The summed E-state index contributed by atoms with van der Waals surface area (Å²) in [4.78, 5) is 31.3. The molecule has 0 amide bonds. The maximum atomic E-state index is 11.0. The van der Waals surface area contributed by atoms with E-state index in [2.05, 4.69) is 4.42 Å². The highest BCUT2D eigenvalue weighted by molar-refractivity contribution is 7.98. The number of thioether (sulfide) groups is 1. The number of nitro benzene ring substituents is 2. The Labute approximate surface area is 120 Å². The zero-order valence-corrected chi connectivity index (χ0v) is 11.4. The first-order valence-corrected chi connectivity index (χ1v) is 6.52. The van der Waals surface area contributed by atoms with Crippen LogP contribution in [0.25, 0.3) is 0 Å². The molecule has 10 heteroatoms. The van der Waals surface area contributed by atoms with Crippen molar-refractivity contribution in [2.45, 2.75) is 17.6 Å². The van der Waals surface area contributed by atoms with E-state index in [1.807, 2.05) is 0 Å².